The van der Waals surface area contributed by atoms with Crippen molar-refractivity contribution in [3.63, 3.8) is 0 Å². The minimum Gasteiger partial charge on any atom is -0.312 e. The lowest BCUT2D eigenvalue weighted by molar-refractivity contribution is 0.513. The van der Waals surface area contributed by atoms with Gasteiger partial charge in [-0.15, -0.1) is 11.8 Å². The fourth-order valence-corrected chi connectivity index (χ4v) is 4.04. The SMILES string of the molecule is CC(C)CNCc1cccc(F)c1SC1CCCCC1. The average Bonchev–Trinajstić information content (AvgIpc) is 2.43. The van der Waals surface area contributed by atoms with Crippen LogP contribution < -0.4 is 5.32 Å². The van der Waals surface area contributed by atoms with Crippen LogP contribution in [-0.2, 0) is 6.54 Å². The summed E-state index contributed by atoms with van der Waals surface area (Å²) in [6.45, 7) is 6.13. The summed E-state index contributed by atoms with van der Waals surface area (Å²) >= 11 is 1.76. The van der Waals surface area contributed by atoms with E-state index < -0.39 is 0 Å². The van der Waals surface area contributed by atoms with E-state index >= 15 is 0 Å². The van der Waals surface area contributed by atoms with Gasteiger partial charge in [-0.3, -0.25) is 0 Å². The van der Waals surface area contributed by atoms with Crippen LogP contribution in [-0.4, -0.2) is 11.8 Å². The smallest absolute Gasteiger partial charge is 0.137 e. The molecule has 1 aromatic rings. The second kappa shape index (κ2) is 8.04. The Labute approximate surface area is 126 Å². The normalized spacial score (nSPS) is 16.8. The van der Waals surface area contributed by atoms with E-state index in [-0.39, 0.29) is 5.82 Å². The molecule has 3 heteroatoms. The molecule has 1 fully saturated rings. The van der Waals surface area contributed by atoms with Crippen LogP contribution in [0.15, 0.2) is 23.1 Å². The number of halogens is 1. The van der Waals surface area contributed by atoms with Crippen LogP contribution >= 0.6 is 11.8 Å². The zero-order valence-corrected chi connectivity index (χ0v) is 13.4. The first kappa shape index (κ1) is 15.8. The fraction of sp³-hybridized carbons (Fsp3) is 0.647. The van der Waals surface area contributed by atoms with Crippen molar-refractivity contribution in [2.24, 2.45) is 5.92 Å². The number of benzene rings is 1. The molecule has 2 rings (SSSR count). The molecule has 0 amide bonds. The summed E-state index contributed by atoms with van der Waals surface area (Å²) in [5.74, 6) is 0.572. The molecule has 0 saturated heterocycles. The standard InChI is InChI=1S/C17H26FNS/c1-13(2)11-19-12-14-7-6-10-16(18)17(14)20-15-8-4-3-5-9-15/h6-7,10,13,15,19H,3-5,8-9,11-12H2,1-2H3. The zero-order valence-electron chi connectivity index (χ0n) is 12.6. The van der Waals surface area contributed by atoms with Gasteiger partial charge in [0.1, 0.15) is 5.82 Å². The summed E-state index contributed by atoms with van der Waals surface area (Å²) < 4.78 is 14.1. The minimum atomic E-state index is -0.0515. The van der Waals surface area contributed by atoms with Gasteiger partial charge in [-0.25, -0.2) is 4.39 Å². The van der Waals surface area contributed by atoms with E-state index in [1.807, 2.05) is 6.07 Å². The van der Waals surface area contributed by atoms with Crippen molar-refractivity contribution in [3.8, 4) is 0 Å². The van der Waals surface area contributed by atoms with Gasteiger partial charge in [0.25, 0.3) is 0 Å². The van der Waals surface area contributed by atoms with E-state index in [9.17, 15) is 4.39 Å². The summed E-state index contributed by atoms with van der Waals surface area (Å²) in [4.78, 5) is 0.871. The predicted octanol–water partition coefficient (Wildman–Crippen LogP) is 5.00. The Morgan fingerprint density at radius 2 is 2.00 bits per heavy atom. The van der Waals surface area contributed by atoms with Crippen LogP contribution in [0.2, 0.25) is 0 Å². The molecule has 0 radical (unpaired) electrons. The number of nitrogens with one attached hydrogen (secondary N) is 1. The van der Waals surface area contributed by atoms with Gasteiger partial charge in [-0.2, -0.15) is 0 Å². The molecule has 112 valence electrons. The number of rotatable bonds is 6. The van der Waals surface area contributed by atoms with Crippen LogP contribution in [0.4, 0.5) is 4.39 Å². The third-order valence-corrected chi connectivity index (χ3v) is 5.25. The van der Waals surface area contributed by atoms with Gasteiger partial charge in [0, 0.05) is 16.7 Å². The average molecular weight is 295 g/mol. The van der Waals surface area contributed by atoms with Crippen LogP contribution in [0.5, 0.6) is 0 Å². The first-order valence-corrected chi connectivity index (χ1v) is 8.69. The van der Waals surface area contributed by atoms with Gasteiger partial charge in [0.15, 0.2) is 0 Å². The van der Waals surface area contributed by atoms with E-state index in [0.29, 0.717) is 11.2 Å². The third kappa shape index (κ3) is 4.78. The molecule has 0 atom stereocenters. The Balaban J connectivity index is 2.01. The molecule has 0 heterocycles. The van der Waals surface area contributed by atoms with Gasteiger partial charge in [0.05, 0.1) is 0 Å². The van der Waals surface area contributed by atoms with Crippen molar-refractivity contribution in [3.05, 3.63) is 29.6 Å². The van der Waals surface area contributed by atoms with E-state index in [1.165, 1.54) is 32.1 Å². The van der Waals surface area contributed by atoms with Crippen molar-refractivity contribution in [1.29, 1.82) is 0 Å². The molecule has 1 aliphatic rings. The van der Waals surface area contributed by atoms with Gasteiger partial charge < -0.3 is 5.32 Å². The lowest BCUT2D eigenvalue weighted by Gasteiger charge is -2.22. The van der Waals surface area contributed by atoms with E-state index in [1.54, 1.807) is 17.8 Å². The summed E-state index contributed by atoms with van der Waals surface area (Å²) in [6.07, 6.45) is 6.41. The molecule has 1 saturated carbocycles. The first-order chi connectivity index (χ1) is 9.66. The zero-order chi connectivity index (χ0) is 14.4. The molecule has 0 spiro atoms. The van der Waals surface area contributed by atoms with Gasteiger partial charge in [0.2, 0.25) is 0 Å². The highest BCUT2D eigenvalue weighted by molar-refractivity contribution is 8.00. The van der Waals surface area contributed by atoms with Crippen LogP contribution in [0.3, 0.4) is 0 Å². The van der Waals surface area contributed by atoms with E-state index in [0.717, 1.165) is 23.5 Å². The highest BCUT2D eigenvalue weighted by atomic mass is 32.2. The second-order valence-electron chi connectivity index (χ2n) is 6.13. The summed E-state index contributed by atoms with van der Waals surface area (Å²) in [7, 11) is 0. The lowest BCUT2D eigenvalue weighted by atomic mass is 10.0. The predicted molar refractivity (Wildman–Crippen MR) is 85.7 cm³/mol. The molecule has 1 N–H and O–H groups in total. The third-order valence-electron chi connectivity index (χ3n) is 3.75. The molecule has 0 aromatic heterocycles. The van der Waals surface area contributed by atoms with Crippen molar-refractivity contribution in [1.82, 2.24) is 5.32 Å². The molecular formula is C17H26FNS. The van der Waals surface area contributed by atoms with Crippen LogP contribution in [0, 0.1) is 11.7 Å². The van der Waals surface area contributed by atoms with E-state index in [2.05, 4.69) is 25.2 Å². The maximum absolute atomic E-state index is 14.1. The monoisotopic (exact) mass is 295 g/mol. The molecule has 20 heavy (non-hydrogen) atoms. The van der Waals surface area contributed by atoms with Gasteiger partial charge >= 0.3 is 0 Å². The Hall–Kier alpha value is -0.540. The van der Waals surface area contributed by atoms with Crippen LogP contribution in [0.25, 0.3) is 0 Å². The maximum Gasteiger partial charge on any atom is 0.137 e. The molecule has 1 aliphatic carbocycles. The number of hydrogen-bond acceptors (Lipinski definition) is 2. The molecule has 1 nitrogen and oxygen atoms in total. The number of hydrogen-bond donors (Lipinski definition) is 1. The van der Waals surface area contributed by atoms with E-state index in [4.69, 9.17) is 0 Å². The van der Waals surface area contributed by atoms with Crippen molar-refractivity contribution < 1.29 is 4.39 Å². The molecular weight excluding hydrogens is 269 g/mol. The summed E-state index contributed by atoms with van der Waals surface area (Å²) in [6, 6.07) is 5.48. The van der Waals surface area contributed by atoms with Gasteiger partial charge in [-0.05, 0) is 36.9 Å². The maximum atomic E-state index is 14.1. The highest BCUT2D eigenvalue weighted by Crippen LogP contribution is 2.36. The Morgan fingerprint density at radius 1 is 1.25 bits per heavy atom. The summed E-state index contributed by atoms with van der Waals surface area (Å²) in [5, 5.41) is 4.03. The van der Waals surface area contributed by atoms with Gasteiger partial charge in [-0.1, -0.05) is 45.2 Å². The topological polar surface area (TPSA) is 12.0 Å². The highest BCUT2D eigenvalue weighted by Gasteiger charge is 2.18. The molecule has 0 bridgehead atoms. The lowest BCUT2D eigenvalue weighted by Crippen LogP contribution is -2.20. The fourth-order valence-electron chi connectivity index (χ4n) is 2.67. The molecule has 1 aromatic carbocycles. The van der Waals surface area contributed by atoms with Crippen molar-refractivity contribution >= 4 is 11.8 Å². The first-order valence-electron chi connectivity index (χ1n) is 7.81. The molecule has 0 aliphatic heterocycles. The Bertz CT molecular complexity index is 413. The summed E-state index contributed by atoms with van der Waals surface area (Å²) in [5.41, 5.74) is 1.11. The number of thioether (sulfide) groups is 1. The molecule has 0 unspecified atom stereocenters. The second-order valence-corrected chi connectivity index (χ2v) is 7.44. The van der Waals surface area contributed by atoms with Crippen molar-refractivity contribution in [2.75, 3.05) is 6.54 Å². The van der Waals surface area contributed by atoms with Crippen molar-refractivity contribution in [2.45, 2.75) is 62.6 Å². The minimum absolute atomic E-state index is 0.0515. The Kier molecular flexibility index (Phi) is 6.37. The largest absolute Gasteiger partial charge is 0.312 e. The Morgan fingerprint density at radius 3 is 2.70 bits per heavy atom. The quantitative estimate of drug-likeness (QED) is 0.793. The van der Waals surface area contributed by atoms with Crippen LogP contribution in [0.1, 0.15) is 51.5 Å².